The molecule has 1 aromatic carbocycles. The Morgan fingerprint density at radius 2 is 2.06 bits per heavy atom. The van der Waals surface area contributed by atoms with Gasteiger partial charge in [-0.05, 0) is 44.5 Å². The number of aromatic amines is 1. The zero-order valence-corrected chi connectivity index (χ0v) is 12.0. The highest BCUT2D eigenvalue weighted by atomic mass is 14.9. The van der Waals surface area contributed by atoms with Crippen molar-refractivity contribution in [1.82, 2.24) is 15.3 Å². The van der Waals surface area contributed by atoms with E-state index in [2.05, 4.69) is 61.2 Å². The second-order valence-corrected chi connectivity index (χ2v) is 5.89. The molecule has 98 valence electrons. The number of fused-ring (bicyclic) bond motifs is 1. The van der Waals surface area contributed by atoms with Crippen LogP contribution in [0.3, 0.4) is 0 Å². The van der Waals surface area contributed by atoms with E-state index in [1.807, 2.05) is 7.05 Å². The summed E-state index contributed by atoms with van der Waals surface area (Å²) in [5.41, 5.74) is 3.45. The van der Waals surface area contributed by atoms with Crippen LogP contribution in [-0.2, 0) is 12.0 Å². The van der Waals surface area contributed by atoms with E-state index in [9.17, 15) is 0 Å². The minimum absolute atomic E-state index is 0.0164. The lowest BCUT2D eigenvalue weighted by Gasteiger charge is -2.24. The van der Waals surface area contributed by atoms with Crippen LogP contribution in [0.25, 0.3) is 11.0 Å². The van der Waals surface area contributed by atoms with E-state index in [0.717, 1.165) is 23.3 Å². The third-order valence-electron chi connectivity index (χ3n) is 3.48. The van der Waals surface area contributed by atoms with Crippen LogP contribution in [0.4, 0.5) is 0 Å². The molecule has 1 aromatic heterocycles. The second-order valence-electron chi connectivity index (χ2n) is 5.89. The molecule has 2 N–H and O–H groups in total. The normalized spacial score (nSPS) is 12.6. The lowest BCUT2D eigenvalue weighted by molar-refractivity contribution is 0.445. The summed E-state index contributed by atoms with van der Waals surface area (Å²) in [5, 5.41) is 3.33. The average Bonchev–Trinajstić information content (AvgIpc) is 2.68. The molecule has 0 unspecified atom stereocenters. The van der Waals surface area contributed by atoms with Gasteiger partial charge in [-0.15, -0.1) is 0 Å². The fourth-order valence-corrected chi connectivity index (χ4v) is 2.08. The predicted molar refractivity (Wildman–Crippen MR) is 76.7 cm³/mol. The van der Waals surface area contributed by atoms with Gasteiger partial charge in [-0.25, -0.2) is 4.98 Å². The molecule has 2 rings (SSSR count). The maximum absolute atomic E-state index is 4.63. The standard InChI is InChI=1S/C15H23N3/c1-10(2)8-14-17-12-7-6-11(9-13(12)18-14)15(3,4)16-5/h6-7,9-10,16H,8H2,1-5H3,(H,17,18). The van der Waals surface area contributed by atoms with E-state index < -0.39 is 0 Å². The number of nitrogens with zero attached hydrogens (tertiary/aromatic N) is 1. The van der Waals surface area contributed by atoms with E-state index >= 15 is 0 Å². The zero-order valence-electron chi connectivity index (χ0n) is 12.0. The Bertz CT molecular complexity index is 538. The molecule has 0 fully saturated rings. The molecule has 0 aliphatic carbocycles. The summed E-state index contributed by atoms with van der Waals surface area (Å²) in [7, 11) is 1.99. The maximum Gasteiger partial charge on any atom is 0.107 e. The van der Waals surface area contributed by atoms with Crippen LogP contribution >= 0.6 is 0 Å². The van der Waals surface area contributed by atoms with Crippen LogP contribution < -0.4 is 5.32 Å². The average molecular weight is 245 g/mol. The summed E-state index contributed by atoms with van der Waals surface area (Å²) in [4.78, 5) is 8.05. The highest BCUT2D eigenvalue weighted by Crippen LogP contribution is 2.23. The summed E-state index contributed by atoms with van der Waals surface area (Å²) >= 11 is 0. The third-order valence-corrected chi connectivity index (χ3v) is 3.48. The number of hydrogen-bond donors (Lipinski definition) is 2. The van der Waals surface area contributed by atoms with Crippen molar-refractivity contribution in [1.29, 1.82) is 0 Å². The van der Waals surface area contributed by atoms with E-state index in [1.54, 1.807) is 0 Å². The zero-order chi connectivity index (χ0) is 13.3. The van der Waals surface area contributed by atoms with Crippen molar-refractivity contribution >= 4 is 11.0 Å². The van der Waals surface area contributed by atoms with E-state index in [-0.39, 0.29) is 5.54 Å². The van der Waals surface area contributed by atoms with Gasteiger partial charge in [-0.1, -0.05) is 19.9 Å². The monoisotopic (exact) mass is 245 g/mol. The van der Waals surface area contributed by atoms with Crippen molar-refractivity contribution in [2.45, 2.75) is 39.7 Å². The van der Waals surface area contributed by atoms with E-state index in [1.165, 1.54) is 5.56 Å². The van der Waals surface area contributed by atoms with Gasteiger partial charge in [0.05, 0.1) is 11.0 Å². The van der Waals surface area contributed by atoms with Crippen molar-refractivity contribution in [3.05, 3.63) is 29.6 Å². The van der Waals surface area contributed by atoms with Crippen molar-refractivity contribution in [3.63, 3.8) is 0 Å². The lowest BCUT2D eigenvalue weighted by atomic mass is 9.94. The van der Waals surface area contributed by atoms with Crippen LogP contribution in [0.15, 0.2) is 18.2 Å². The first-order valence-electron chi connectivity index (χ1n) is 6.60. The Morgan fingerprint density at radius 1 is 1.33 bits per heavy atom. The van der Waals surface area contributed by atoms with Crippen LogP contribution in [0.2, 0.25) is 0 Å². The molecule has 0 amide bonds. The Labute approximate surface area is 109 Å². The molecule has 18 heavy (non-hydrogen) atoms. The molecule has 0 aliphatic heterocycles. The molecule has 1 heterocycles. The largest absolute Gasteiger partial charge is 0.342 e. The van der Waals surface area contributed by atoms with Crippen molar-refractivity contribution in [2.24, 2.45) is 5.92 Å². The van der Waals surface area contributed by atoms with Crippen LogP contribution in [0.1, 0.15) is 39.1 Å². The number of hydrogen-bond acceptors (Lipinski definition) is 2. The fraction of sp³-hybridized carbons (Fsp3) is 0.533. The topological polar surface area (TPSA) is 40.7 Å². The van der Waals surface area contributed by atoms with Crippen LogP contribution in [-0.4, -0.2) is 17.0 Å². The first-order valence-corrected chi connectivity index (χ1v) is 6.60. The molecule has 3 nitrogen and oxygen atoms in total. The van der Waals surface area contributed by atoms with Gasteiger partial charge in [-0.2, -0.15) is 0 Å². The molecular formula is C15H23N3. The molecular weight excluding hydrogens is 222 g/mol. The third kappa shape index (κ3) is 2.56. The molecule has 0 atom stereocenters. The van der Waals surface area contributed by atoms with Gasteiger partial charge in [0.25, 0.3) is 0 Å². The first kappa shape index (κ1) is 13.1. The van der Waals surface area contributed by atoms with Crippen molar-refractivity contribution in [2.75, 3.05) is 7.05 Å². The summed E-state index contributed by atoms with van der Waals surface area (Å²) in [6.45, 7) is 8.78. The van der Waals surface area contributed by atoms with Gasteiger partial charge in [0.1, 0.15) is 5.82 Å². The smallest absolute Gasteiger partial charge is 0.107 e. The number of benzene rings is 1. The minimum Gasteiger partial charge on any atom is -0.342 e. The SMILES string of the molecule is CNC(C)(C)c1ccc2nc(CC(C)C)[nH]c2c1. The fourth-order valence-electron chi connectivity index (χ4n) is 2.08. The molecule has 0 saturated heterocycles. The predicted octanol–water partition coefficient (Wildman–Crippen LogP) is 3.22. The van der Waals surface area contributed by atoms with E-state index in [0.29, 0.717) is 5.92 Å². The maximum atomic E-state index is 4.63. The van der Waals surface area contributed by atoms with Gasteiger partial charge in [0.15, 0.2) is 0 Å². The minimum atomic E-state index is -0.0164. The highest BCUT2D eigenvalue weighted by Gasteiger charge is 2.18. The first-order chi connectivity index (χ1) is 8.42. The lowest BCUT2D eigenvalue weighted by Crippen LogP contribution is -2.32. The number of rotatable bonds is 4. The summed E-state index contributed by atoms with van der Waals surface area (Å²) in [5.74, 6) is 1.71. The Kier molecular flexibility index (Phi) is 3.44. The van der Waals surface area contributed by atoms with Crippen LogP contribution in [0.5, 0.6) is 0 Å². The molecule has 0 saturated carbocycles. The Hall–Kier alpha value is -1.35. The molecule has 2 aromatic rings. The molecule has 0 radical (unpaired) electrons. The number of imidazole rings is 1. The summed E-state index contributed by atoms with van der Waals surface area (Å²) in [6.07, 6.45) is 0.999. The molecule has 3 heteroatoms. The van der Waals surface area contributed by atoms with Crippen molar-refractivity contribution < 1.29 is 0 Å². The summed E-state index contributed by atoms with van der Waals surface area (Å²) < 4.78 is 0. The van der Waals surface area contributed by atoms with Crippen LogP contribution in [0, 0.1) is 5.92 Å². The number of nitrogens with one attached hydrogen (secondary N) is 2. The van der Waals surface area contributed by atoms with Crippen molar-refractivity contribution in [3.8, 4) is 0 Å². The molecule has 0 aliphatic rings. The van der Waals surface area contributed by atoms with Gasteiger partial charge in [0, 0.05) is 12.0 Å². The van der Waals surface area contributed by atoms with E-state index in [4.69, 9.17) is 0 Å². The van der Waals surface area contributed by atoms with Gasteiger partial charge >= 0.3 is 0 Å². The van der Waals surface area contributed by atoms with Gasteiger partial charge in [-0.3, -0.25) is 0 Å². The highest BCUT2D eigenvalue weighted by molar-refractivity contribution is 5.76. The number of H-pyrrole nitrogens is 1. The second kappa shape index (κ2) is 4.73. The Balaban J connectivity index is 2.39. The number of aromatic nitrogens is 2. The molecule has 0 spiro atoms. The summed E-state index contributed by atoms with van der Waals surface area (Å²) in [6, 6.07) is 6.45. The Morgan fingerprint density at radius 3 is 2.67 bits per heavy atom. The molecule has 0 bridgehead atoms. The quantitative estimate of drug-likeness (QED) is 0.868. The van der Waals surface area contributed by atoms with Gasteiger partial charge < -0.3 is 10.3 Å². The van der Waals surface area contributed by atoms with Gasteiger partial charge in [0.2, 0.25) is 0 Å².